The van der Waals surface area contributed by atoms with Crippen molar-refractivity contribution >= 4 is 11.6 Å². The number of benzene rings is 1. The lowest BCUT2D eigenvalue weighted by Crippen LogP contribution is -2.37. The molecule has 0 aliphatic carbocycles. The standard InChI is InChI=1S/C19H22FN3O2/c20-18-13-21-9-5-17(18)19(25)22-15-3-1-14(2-4-15)6-10-23-11-7-16(24)8-12-23/h1-5,9,13,16,24H,6-8,10-12H2,(H,22,25). The Morgan fingerprint density at radius 3 is 2.64 bits per heavy atom. The molecule has 2 N–H and O–H groups in total. The second-order valence-electron chi connectivity index (χ2n) is 6.33. The highest BCUT2D eigenvalue weighted by atomic mass is 19.1. The molecule has 1 amide bonds. The van der Waals surface area contributed by atoms with E-state index in [1.165, 1.54) is 17.8 Å². The van der Waals surface area contributed by atoms with E-state index in [4.69, 9.17) is 0 Å². The SMILES string of the molecule is O=C(Nc1ccc(CCN2CCC(O)CC2)cc1)c1ccncc1F. The predicted molar refractivity (Wildman–Crippen MR) is 94.0 cm³/mol. The van der Waals surface area contributed by atoms with Crippen molar-refractivity contribution in [1.29, 1.82) is 0 Å². The number of aliphatic hydroxyl groups excluding tert-OH is 1. The van der Waals surface area contributed by atoms with Crippen LogP contribution < -0.4 is 5.32 Å². The minimum absolute atomic E-state index is 0.0219. The van der Waals surface area contributed by atoms with Crippen LogP contribution in [-0.4, -0.2) is 46.6 Å². The third-order valence-corrected chi connectivity index (χ3v) is 4.50. The van der Waals surface area contributed by atoms with E-state index in [-0.39, 0.29) is 11.7 Å². The number of amides is 1. The van der Waals surface area contributed by atoms with Crippen molar-refractivity contribution in [2.75, 3.05) is 25.0 Å². The van der Waals surface area contributed by atoms with Gasteiger partial charge in [0.05, 0.1) is 17.9 Å². The van der Waals surface area contributed by atoms with Crippen molar-refractivity contribution in [2.24, 2.45) is 0 Å². The third-order valence-electron chi connectivity index (χ3n) is 4.50. The fraction of sp³-hybridized carbons (Fsp3) is 0.368. The van der Waals surface area contributed by atoms with Gasteiger partial charge in [-0.2, -0.15) is 0 Å². The first kappa shape index (κ1) is 17.5. The molecule has 1 aliphatic heterocycles. The van der Waals surface area contributed by atoms with E-state index in [0.29, 0.717) is 5.69 Å². The van der Waals surface area contributed by atoms with Gasteiger partial charge in [-0.1, -0.05) is 12.1 Å². The first-order valence-corrected chi connectivity index (χ1v) is 8.52. The minimum atomic E-state index is -0.636. The van der Waals surface area contributed by atoms with Crippen LogP contribution in [-0.2, 0) is 6.42 Å². The van der Waals surface area contributed by atoms with E-state index in [1.807, 2.05) is 24.3 Å². The number of piperidine rings is 1. The zero-order valence-corrected chi connectivity index (χ0v) is 14.0. The Balaban J connectivity index is 1.52. The van der Waals surface area contributed by atoms with Crippen LogP contribution in [0.4, 0.5) is 10.1 Å². The van der Waals surface area contributed by atoms with E-state index < -0.39 is 11.7 Å². The van der Waals surface area contributed by atoms with Gasteiger partial charge < -0.3 is 15.3 Å². The zero-order chi connectivity index (χ0) is 17.6. The van der Waals surface area contributed by atoms with Crippen LogP contribution in [0.3, 0.4) is 0 Å². The largest absolute Gasteiger partial charge is 0.393 e. The molecule has 132 valence electrons. The fourth-order valence-corrected chi connectivity index (χ4v) is 2.94. The molecule has 0 spiro atoms. The zero-order valence-electron chi connectivity index (χ0n) is 14.0. The van der Waals surface area contributed by atoms with Crippen molar-refractivity contribution in [3.8, 4) is 0 Å². The summed E-state index contributed by atoms with van der Waals surface area (Å²) in [5.74, 6) is -1.12. The minimum Gasteiger partial charge on any atom is -0.393 e. The van der Waals surface area contributed by atoms with Gasteiger partial charge in [-0.3, -0.25) is 9.78 Å². The summed E-state index contributed by atoms with van der Waals surface area (Å²) in [6, 6.07) is 8.95. The van der Waals surface area contributed by atoms with E-state index in [0.717, 1.165) is 45.1 Å². The average molecular weight is 343 g/mol. The number of likely N-dealkylation sites (tertiary alicyclic amines) is 1. The number of carbonyl (C=O) groups is 1. The van der Waals surface area contributed by atoms with E-state index >= 15 is 0 Å². The lowest BCUT2D eigenvalue weighted by Gasteiger charge is -2.29. The van der Waals surface area contributed by atoms with Crippen LogP contribution in [0, 0.1) is 5.82 Å². The number of nitrogens with one attached hydrogen (secondary N) is 1. The molecule has 0 unspecified atom stereocenters. The van der Waals surface area contributed by atoms with Gasteiger partial charge in [-0.05, 0) is 43.0 Å². The lowest BCUT2D eigenvalue weighted by molar-refractivity contribution is 0.0832. The molecule has 1 aromatic heterocycles. The highest BCUT2D eigenvalue weighted by Crippen LogP contribution is 2.15. The van der Waals surface area contributed by atoms with Crippen LogP contribution in [0.15, 0.2) is 42.7 Å². The second kappa shape index (κ2) is 8.18. The Kier molecular flexibility index (Phi) is 5.73. The maximum atomic E-state index is 13.6. The quantitative estimate of drug-likeness (QED) is 0.875. The van der Waals surface area contributed by atoms with Crippen molar-refractivity contribution in [1.82, 2.24) is 9.88 Å². The molecule has 0 bridgehead atoms. The van der Waals surface area contributed by atoms with Gasteiger partial charge >= 0.3 is 0 Å². The molecular formula is C19H22FN3O2. The molecule has 1 aliphatic rings. The predicted octanol–water partition coefficient (Wildman–Crippen LogP) is 2.47. The van der Waals surface area contributed by atoms with Crippen molar-refractivity contribution in [3.63, 3.8) is 0 Å². The Labute approximate surface area is 146 Å². The molecule has 2 heterocycles. The van der Waals surface area contributed by atoms with Crippen molar-refractivity contribution in [3.05, 3.63) is 59.7 Å². The van der Waals surface area contributed by atoms with Gasteiger partial charge in [0.2, 0.25) is 0 Å². The number of halogens is 1. The second-order valence-corrected chi connectivity index (χ2v) is 6.33. The molecule has 3 rings (SSSR count). The molecule has 1 fully saturated rings. The van der Waals surface area contributed by atoms with Crippen LogP contribution in [0.2, 0.25) is 0 Å². The van der Waals surface area contributed by atoms with E-state index in [9.17, 15) is 14.3 Å². The lowest BCUT2D eigenvalue weighted by atomic mass is 10.1. The fourth-order valence-electron chi connectivity index (χ4n) is 2.94. The first-order valence-electron chi connectivity index (χ1n) is 8.52. The summed E-state index contributed by atoms with van der Waals surface area (Å²) in [5, 5.41) is 12.2. The summed E-state index contributed by atoms with van der Waals surface area (Å²) in [6.07, 6.45) is 4.87. The summed E-state index contributed by atoms with van der Waals surface area (Å²) >= 11 is 0. The van der Waals surface area contributed by atoms with Gasteiger partial charge in [-0.25, -0.2) is 4.39 Å². The number of aliphatic hydroxyl groups is 1. The third kappa shape index (κ3) is 4.84. The number of rotatable bonds is 5. The van der Waals surface area contributed by atoms with Crippen LogP contribution in [0.5, 0.6) is 0 Å². The smallest absolute Gasteiger partial charge is 0.258 e. The van der Waals surface area contributed by atoms with Gasteiger partial charge in [0.1, 0.15) is 0 Å². The number of aromatic nitrogens is 1. The number of hydrogen-bond acceptors (Lipinski definition) is 4. The maximum absolute atomic E-state index is 13.6. The number of hydrogen-bond donors (Lipinski definition) is 2. The Bertz CT molecular complexity index is 713. The Morgan fingerprint density at radius 1 is 1.24 bits per heavy atom. The summed E-state index contributed by atoms with van der Waals surface area (Å²) in [7, 11) is 0. The Hall–Kier alpha value is -2.31. The topological polar surface area (TPSA) is 65.5 Å². The molecule has 0 radical (unpaired) electrons. The first-order chi connectivity index (χ1) is 12.1. The summed E-state index contributed by atoms with van der Waals surface area (Å²) < 4.78 is 13.6. The number of pyridine rings is 1. The monoisotopic (exact) mass is 343 g/mol. The van der Waals surface area contributed by atoms with E-state index in [2.05, 4.69) is 15.2 Å². The molecule has 5 nitrogen and oxygen atoms in total. The van der Waals surface area contributed by atoms with Gasteiger partial charge in [0, 0.05) is 31.5 Å². The highest BCUT2D eigenvalue weighted by Gasteiger charge is 2.16. The Morgan fingerprint density at radius 2 is 1.96 bits per heavy atom. The van der Waals surface area contributed by atoms with Crippen molar-refractivity contribution in [2.45, 2.75) is 25.4 Å². The molecule has 1 saturated heterocycles. The van der Waals surface area contributed by atoms with Crippen LogP contribution in [0.25, 0.3) is 0 Å². The van der Waals surface area contributed by atoms with E-state index in [1.54, 1.807) is 0 Å². The molecule has 25 heavy (non-hydrogen) atoms. The van der Waals surface area contributed by atoms with Crippen molar-refractivity contribution < 1.29 is 14.3 Å². The van der Waals surface area contributed by atoms with Gasteiger partial charge in [0.25, 0.3) is 5.91 Å². The van der Waals surface area contributed by atoms with Gasteiger partial charge in [0.15, 0.2) is 5.82 Å². The number of carbonyl (C=O) groups excluding carboxylic acids is 1. The molecule has 2 aromatic rings. The van der Waals surface area contributed by atoms with Gasteiger partial charge in [-0.15, -0.1) is 0 Å². The molecule has 0 saturated carbocycles. The van der Waals surface area contributed by atoms with Crippen LogP contribution >= 0.6 is 0 Å². The summed E-state index contributed by atoms with van der Waals surface area (Å²) in [6.45, 7) is 2.83. The summed E-state index contributed by atoms with van der Waals surface area (Å²) in [4.78, 5) is 18.1. The van der Waals surface area contributed by atoms with Crippen LogP contribution in [0.1, 0.15) is 28.8 Å². The molecule has 0 atom stereocenters. The molecule has 1 aromatic carbocycles. The highest BCUT2D eigenvalue weighted by molar-refractivity contribution is 6.04. The molecule has 6 heteroatoms. The normalized spacial score (nSPS) is 15.9. The number of nitrogens with zero attached hydrogens (tertiary/aromatic N) is 2. The number of anilines is 1. The average Bonchev–Trinajstić information content (AvgIpc) is 2.63. The maximum Gasteiger partial charge on any atom is 0.258 e. The summed E-state index contributed by atoms with van der Waals surface area (Å²) in [5.41, 5.74) is 1.79. The molecular weight excluding hydrogens is 321 g/mol.